The molecule has 66 valence electrons. The molecule has 0 rings (SSSR count). The van der Waals surface area contributed by atoms with E-state index >= 15 is 0 Å². The summed E-state index contributed by atoms with van der Waals surface area (Å²) in [5.74, 6) is 4.82. The molecule has 0 aromatic carbocycles. The van der Waals surface area contributed by atoms with E-state index in [-0.39, 0.29) is 6.29 Å². The van der Waals surface area contributed by atoms with Crippen LogP contribution in [0.15, 0.2) is 10.3 Å². The Kier molecular flexibility index (Phi) is 6.97. The SMILES string of the molecule is CCOC(CN=NN)OCC. The Morgan fingerprint density at radius 3 is 2.18 bits per heavy atom. The lowest BCUT2D eigenvalue weighted by Crippen LogP contribution is -2.20. The van der Waals surface area contributed by atoms with Crippen LogP contribution in [0, 0.1) is 0 Å². The van der Waals surface area contributed by atoms with Gasteiger partial charge in [0.25, 0.3) is 0 Å². The average Bonchev–Trinajstić information content (AvgIpc) is 2.01. The molecule has 0 spiro atoms. The first-order chi connectivity index (χ1) is 5.35. The molecule has 0 amide bonds. The van der Waals surface area contributed by atoms with Crippen molar-refractivity contribution >= 4 is 0 Å². The second-order valence-corrected chi connectivity index (χ2v) is 1.78. The summed E-state index contributed by atoms with van der Waals surface area (Å²) >= 11 is 0. The van der Waals surface area contributed by atoms with Gasteiger partial charge >= 0.3 is 0 Å². The Balaban J connectivity index is 3.50. The topological polar surface area (TPSA) is 69.2 Å². The standard InChI is InChI=1S/C6H15N3O2/c1-3-10-6(11-4-2)5-8-9-7/h6H,3-5H2,1-2H3,(H2,7,8). The number of ether oxygens (including phenoxy) is 2. The largest absolute Gasteiger partial charge is 0.351 e. The fourth-order valence-electron chi connectivity index (χ4n) is 0.639. The zero-order chi connectivity index (χ0) is 8.53. The van der Waals surface area contributed by atoms with Gasteiger partial charge in [0.05, 0.1) is 0 Å². The summed E-state index contributed by atoms with van der Waals surface area (Å²) in [6.45, 7) is 5.35. The minimum atomic E-state index is -0.308. The quantitative estimate of drug-likeness (QED) is 0.270. The molecule has 0 radical (unpaired) electrons. The smallest absolute Gasteiger partial charge is 0.178 e. The van der Waals surface area contributed by atoms with Gasteiger partial charge in [-0.1, -0.05) is 5.22 Å². The lowest BCUT2D eigenvalue weighted by atomic mass is 10.6. The maximum atomic E-state index is 5.15. The summed E-state index contributed by atoms with van der Waals surface area (Å²) in [7, 11) is 0. The third kappa shape index (κ3) is 5.75. The van der Waals surface area contributed by atoms with Crippen LogP contribution in [-0.4, -0.2) is 26.0 Å². The molecule has 5 heteroatoms. The normalized spacial score (nSPS) is 11.5. The van der Waals surface area contributed by atoms with Crippen molar-refractivity contribution in [3.8, 4) is 0 Å². The predicted molar refractivity (Wildman–Crippen MR) is 41.0 cm³/mol. The van der Waals surface area contributed by atoms with E-state index in [4.69, 9.17) is 15.3 Å². The van der Waals surface area contributed by atoms with Crippen LogP contribution < -0.4 is 5.84 Å². The minimum absolute atomic E-state index is 0.308. The van der Waals surface area contributed by atoms with Crippen molar-refractivity contribution < 1.29 is 9.47 Å². The lowest BCUT2D eigenvalue weighted by molar-refractivity contribution is -0.129. The molecular formula is C6H15N3O2. The van der Waals surface area contributed by atoms with Crippen LogP contribution >= 0.6 is 0 Å². The monoisotopic (exact) mass is 161 g/mol. The van der Waals surface area contributed by atoms with E-state index in [9.17, 15) is 0 Å². The van der Waals surface area contributed by atoms with Crippen molar-refractivity contribution in [3.05, 3.63) is 0 Å². The number of hydrogen-bond donors (Lipinski definition) is 1. The average molecular weight is 161 g/mol. The van der Waals surface area contributed by atoms with E-state index in [1.807, 2.05) is 13.8 Å². The van der Waals surface area contributed by atoms with Gasteiger partial charge in [0.2, 0.25) is 0 Å². The van der Waals surface area contributed by atoms with Gasteiger partial charge in [0.1, 0.15) is 6.54 Å². The highest BCUT2D eigenvalue weighted by molar-refractivity contribution is 4.45. The first-order valence-corrected chi connectivity index (χ1v) is 3.65. The lowest BCUT2D eigenvalue weighted by Gasteiger charge is -2.12. The van der Waals surface area contributed by atoms with E-state index < -0.39 is 0 Å². The van der Waals surface area contributed by atoms with E-state index in [1.165, 1.54) is 0 Å². The van der Waals surface area contributed by atoms with Crippen LogP contribution in [-0.2, 0) is 9.47 Å². The molecule has 0 unspecified atom stereocenters. The molecule has 0 aliphatic carbocycles. The molecule has 0 saturated carbocycles. The van der Waals surface area contributed by atoms with Crippen LogP contribution in [0.5, 0.6) is 0 Å². The Hall–Kier alpha value is -0.680. The zero-order valence-corrected chi connectivity index (χ0v) is 6.99. The van der Waals surface area contributed by atoms with Gasteiger partial charge < -0.3 is 15.3 Å². The van der Waals surface area contributed by atoms with Crippen LogP contribution in [0.4, 0.5) is 0 Å². The third-order valence-corrected chi connectivity index (χ3v) is 1.02. The van der Waals surface area contributed by atoms with Gasteiger partial charge in [-0.2, -0.15) is 5.11 Å². The molecular weight excluding hydrogens is 146 g/mol. The first-order valence-electron chi connectivity index (χ1n) is 3.65. The number of nitrogens with two attached hydrogens (primary N) is 1. The fraction of sp³-hybridized carbons (Fsp3) is 1.00. The fourth-order valence-corrected chi connectivity index (χ4v) is 0.639. The Morgan fingerprint density at radius 1 is 1.27 bits per heavy atom. The second kappa shape index (κ2) is 7.43. The highest BCUT2D eigenvalue weighted by atomic mass is 16.7. The zero-order valence-electron chi connectivity index (χ0n) is 6.99. The van der Waals surface area contributed by atoms with Gasteiger partial charge in [-0.15, -0.1) is 0 Å². The van der Waals surface area contributed by atoms with Crippen molar-refractivity contribution in [2.24, 2.45) is 16.2 Å². The third-order valence-electron chi connectivity index (χ3n) is 1.02. The molecule has 0 aliphatic heterocycles. The molecule has 0 atom stereocenters. The molecule has 0 heterocycles. The summed E-state index contributed by atoms with van der Waals surface area (Å²) in [4.78, 5) is 0. The number of rotatable bonds is 6. The van der Waals surface area contributed by atoms with Crippen molar-refractivity contribution in [1.29, 1.82) is 0 Å². The summed E-state index contributed by atoms with van der Waals surface area (Å²) in [5.41, 5.74) is 0. The molecule has 2 N–H and O–H groups in total. The van der Waals surface area contributed by atoms with Crippen LogP contribution in [0.25, 0.3) is 0 Å². The van der Waals surface area contributed by atoms with Crippen LogP contribution in [0.3, 0.4) is 0 Å². The van der Waals surface area contributed by atoms with Crippen molar-refractivity contribution in [2.45, 2.75) is 20.1 Å². The molecule has 0 saturated heterocycles. The molecule has 0 aromatic heterocycles. The van der Waals surface area contributed by atoms with E-state index in [1.54, 1.807) is 0 Å². The molecule has 0 bridgehead atoms. The van der Waals surface area contributed by atoms with Crippen LogP contribution in [0.1, 0.15) is 13.8 Å². The maximum absolute atomic E-state index is 5.15. The molecule has 0 aromatic rings. The molecule has 5 nitrogen and oxygen atoms in total. The van der Waals surface area contributed by atoms with Gasteiger partial charge in [0.15, 0.2) is 6.29 Å². The molecule has 0 fully saturated rings. The predicted octanol–water partition coefficient (Wildman–Crippen LogP) is 0.711. The van der Waals surface area contributed by atoms with Gasteiger partial charge in [-0.3, -0.25) is 0 Å². The Labute approximate surface area is 66.5 Å². The number of hydrogen-bond acceptors (Lipinski definition) is 4. The molecule has 11 heavy (non-hydrogen) atoms. The van der Waals surface area contributed by atoms with E-state index in [2.05, 4.69) is 10.3 Å². The maximum Gasteiger partial charge on any atom is 0.178 e. The van der Waals surface area contributed by atoms with Crippen molar-refractivity contribution in [1.82, 2.24) is 0 Å². The van der Waals surface area contributed by atoms with E-state index in [0.717, 1.165) is 0 Å². The van der Waals surface area contributed by atoms with Crippen molar-refractivity contribution in [2.75, 3.05) is 19.8 Å². The van der Waals surface area contributed by atoms with Crippen LogP contribution in [0.2, 0.25) is 0 Å². The first kappa shape index (κ1) is 10.3. The summed E-state index contributed by atoms with van der Waals surface area (Å²) in [5, 5.41) is 6.67. The van der Waals surface area contributed by atoms with Gasteiger partial charge in [-0.05, 0) is 13.8 Å². The highest BCUT2D eigenvalue weighted by Gasteiger charge is 2.05. The van der Waals surface area contributed by atoms with Gasteiger partial charge in [0, 0.05) is 13.2 Å². The highest BCUT2D eigenvalue weighted by Crippen LogP contribution is 1.95. The Morgan fingerprint density at radius 2 is 1.82 bits per heavy atom. The van der Waals surface area contributed by atoms with Crippen molar-refractivity contribution in [3.63, 3.8) is 0 Å². The minimum Gasteiger partial charge on any atom is -0.351 e. The second-order valence-electron chi connectivity index (χ2n) is 1.78. The number of nitrogens with zero attached hydrogens (tertiary/aromatic N) is 2. The summed E-state index contributed by atoms with van der Waals surface area (Å²) in [6, 6.07) is 0. The van der Waals surface area contributed by atoms with Gasteiger partial charge in [-0.25, -0.2) is 0 Å². The Bertz CT molecular complexity index is 102. The molecule has 0 aliphatic rings. The summed E-state index contributed by atoms with van der Waals surface area (Å²) in [6.07, 6.45) is -0.308. The summed E-state index contributed by atoms with van der Waals surface area (Å²) < 4.78 is 10.3. The van der Waals surface area contributed by atoms with E-state index in [0.29, 0.717) is 19.8 Å².